The molecule has 1 heterocycles. The van der Waals surface area contributed by atoms with Crippen molar-refractivity contribution in [3.05, 3.63) is 30.1 Å². The van der Waals surface area contributed by atoms with E-state index in [1.54, 1.807) is 12.4 Å². The fourth-order valence-electron chi connectivity index (χ4n) is 1.43. The first kappa shape index (κ1) is 13.0. The Morgan fingerprint density at radius 3 is 2.75 bits per heavy atom. The Morgan fingerprint density at radius 1 is 1.44 bits per heavy atom. The summed E-state index contributed by atoms with van der Waals surface area (Å²) >= 11 is 5.55. The molecular weight excluding hydrogens is 224 g/mol. The van der Waals surface area contributed by atoms with E-state index in [4.69, 9.17) is 11.6 Å². The van der Waals surface area contributed by atoms with Crippen molar-refractivity contribution in [2.45, 2.75) is 32.2 Å². The minimum absolute atomic E-state index is 0.0338. The summed E-state index contributed by atoms with van der Waals surface area (Å²) in [6, 6.07) is 3.85. The summed E-state index contributed by atoms with van der Waals surface area (Å²) in [7, 11) is 0. The highest BCUT2D eigenvalue weighted by Crippen LogP contribution is 2.10. The molecule has 0 aliphatic carbocycles. The minimum Gasteiger partial charge on any atom is -0.350 e. The van der Waals surface area contributed by atoms with E-state index in [0.717, 1.165) is 18.4 Å². The normalized spacial score (nSPS) is 12.1. The largest absolute Gasteiger partial charge is 0.350 e. The molecule has 1 atom stereocenters. The van der Waals surface area contributed by atoms with Gasteiger partial charge in [-0.2, -0.15) is 0 Å². The smallest absolute Gasteiger partial charge is 0.220 e. The maximum Gasteiger partial charge on any atom is 0.220 e. The second-order valence-electron chi connectivity index (χ2n) is 3.72. The van der Waals surface area contributed by atoms with Gasteiger partial charge in [0.25, 0.3) is 0 Å². The number of nitrogens with zero attached hydrogens (tertiary/aromatic N) is 1. The fraction of sp³-hybridized carbons (Fsp3) is 0.500. The van der Waals surface area contributed by atoms with E-state index in [2.05, 4.69) is 10.3 Å². The SMILES string of the molecule is CC(NC(=O)CCCCCl)c1ccncc1. The van der Waals surface area contributed by atoms with E-state index in [9.17, 15) is 4.79 Å². The summed E-state index contributed by atoms with van der Waals surface area (Å²) < 4.78 is 0. The maximum absolute atomic E-state index is 11.5. The number of amides is 1. The van der Waals surface area contributed by atoms with Gasteiger partial charge < -0.3 is 5.32 Å². The molecule has 3 nitrogen and oxygen atoms in total. The average molecular weight is 241 g/mol. The van der Waals surface area contributed by atoms with Gasteiger partial charge in [-0.05, 0) is 37.5 Å². The Balaban J connectivity index is 2.34. The van der Waals surface area contributed by atoms with Crippen LogP contribution in [0.15, 0.2) is 24.5 Å². The molecule has 1 unspecified atom stereocenters. The van der Waals surface area contributed by atoms with Crippen LogP contribution in [0.4, 0.5) is 0 Å². The number of pyridine rings is 1. The van der Waals surface area contributed by atoms with E-state index < -0.39 is 0 Å². The maximum atomic E-state index is 11.5. The Hall–Kier alpha value is -1.09. The van der Waals surface area contributed by atoms with Crippen molar-refractivity contribution in [1.29, 1.82) is 0 Å². The summed E-state index contributed by atoms with van der Waals surface area (Å²) in [6.45, 7) is 1.97. The summed E-state index contributed by atoms with van der Waals surface area (Å²) in [5, 5.41) is 2.95. The molecule has 4 heteroatoms. The molecule has 0 fully saturated rings. The number of rotatable bonds is 6. The highest BCUT2D eigenvalue weighted by Gasteiger charge is 2.08. The lowest BCUT2D eigenvalue weighted by Crippen LogP contribution is -2.26. The number of carbonyl (C=O) groups is 1. The number of aromatic nitrogens is 1. The third kappa shape index (κ3) is 4.62. The van der Waals surface area contributed by atoms with E-state index >= 15 is 0 Å². The Labute approximate surface area is 101 Å². The summed E-state index contributed by atoms with van der Waals surface area (Å²) in [5.74, 6) is 0.696. The van der Waals surface area contributed by atoms with Gasteiger partial charge >= 0.3 is 0 Å². The molecule has 16 heavy (non-hydrogen) atoms. The zero-order valence-electron chi connectivity index (χ0n) is 9.45. The van der Waals surface area contributed by atoms with Gasteiger partial charge in [-0.3, -0.25) is 9.78 Å². The van der Waals surface area contributed by atoms with Gasteiger partial charge in [0.05, 0.1) is 6.04 Å². The first-order valence-electron chi connectivity index (χ1n) is 5.49. The van der Waals surface area contributed by atoms with Crippen LogP contribution < -0.4 is 5.32 Å². The van der Waals surface area contributed by atoms with Crippen LogP contribution in [0.25, 0.3) is 0 Å². The Bertz CT molecular complexity index is 316. The van der Waals surface area contributed by atoms with Crippen molar-refractivity contribution in [3.8, 4) is 0 Å². The summed E-state index contributed by atoms with van der Waals surface area (Å²) in [4.78, 5) is 15.5. The zero-order chi connectivity index (χ0) is 11.8. The first-order chi connectivity index (χ1) is 7.74. The second kappa shape index (κ2) is 7.23. The number of hydrogen-bond acceptors (Lipinski definition) is 2. The predicted octanol–water partition coefficient (Wildman–Crippen LogP) is 2.67. The average Bonchev–Trinajstić information content (AvgIpc) is 2.30. The van der Waals surface area contributed by atoms with Crippen molar-refractivity contribution in [1.82, 2.24) is 10.3 Å². The quantitative estimate of drug-likeness (QED) is 0.614. The highest BCUT2D eigenvalue weighted by molar-refractivity contribution is 6.17. The molecule has 0 saturated heterocycles. The van der Waals surface area contributed by atoms with Crippen LogP contribution in [-0.2, 0) is 4.79 Å². The molecular formula is C12H17ClN2O. The van der Waals surface area contributed by atoms with Gasteiger partial charge in [0, 0.05) is 24.7 Å². The lowest BCUT2D eigenvalue weighted by atomic mass is 10.1. The van der Waals surface area contributed by atoms with Gasteiger partial charge in [0.15, 0.2) is 0 Å². The topological polar surface area (TPSA) is 42.0 Å². The number of carbonyl (C=O) groups excluding carboxylic acids is 1. The van der Waals surface area contributed by atoms with E-state index in [1.165, 1.54) is 0 Å². The molecule has 0 aliphatic rings. The van der Waals surface area contributed by atoms with Crippen LogP contribution in [-0.4, -0.2) is 16.8 Å². The minimum atomic E-state index is 0.0338. The van der Waals surface area contributed by atoms with Gasteiger partial charge in [-0.15, -0.1) is 11.6 Å². The molecule has 0 aliphatic heterocycles. The number of nitrogens with one attached hydrogen (secondary N) is 1. The molecule has 1 N–H and O–H groups in total. The van der Waals surface area contributed by atoms with Gasteiger partial charge in [0.1, 0.15) is 0 Å². The lowest BCUT2D eigenvalue weighted by molar-refractivity contribution is -0.121. The van der Waals surface area contributed by atoms with Gasteiger partial charge in [-0.25, -0.2) is 0 Å². The van der Waals surface area contributed by atoms with Gasteiger partial charge in [-0.1, -0.05) is 0 Å². The van der Waals surface area contributed by atoms with E-state index in [1.807, 2.05) is 19.1 Å². The third-order valence-electron chi connectivity index (χ3n) is 2.37. The van der Waals surface area contributed by atoms with Crippen LogP contribution in [0.5, 0.6) is 0 Å². The molecule has 1 aromatic heterocycles. The second-order valence-corrected chi connectivity index (χ2v) is 4.09. The van der Waals surface area contributed by atoms with Crippen molar-refractivity contribution in [2.75, 3.05) is 5.88 Å². The van der Waals surface area contributed by atoms with Crippen molar-refractivity contribution >= 4 is 17.5 Å². The van der Waals surface area contributed by atoms with Crippen LogP contribution in [0.2, 0.25) is 0 Å². The van der Waals surface area contributed by atoms with Gasteiger partial charge in [0.2, 0.25) is 5.91 Å². The fourth-order valence-corrected chi connectivity index (χ4v) is 1.62. The zero-order valence-corrected chi connectivity index (χ0v) is 10.2. The van der Waals surface area contributed by atoms with E-state index in [-0.39, 0.29) is 11.9 Å². The Kier molecular flexibility index (Phi) is 5.86. The standard InChI is InChI=1S/C12H17ClN2O/c1-10(11-5-8-14-9-6-11)15-12(16)4-2-3-7-13/h5-6,8-10H,2-4,7H2,1H3,(H,15,16). The summed E-state index contributed by atoms with van der Waals surface area (Å²) in [6.07, 6.45) is 5.73. The molecule has 0 bridgehead atoms. The molecule has 88 valence electrons. The molecule has 1 amide bonds. The van der Waals surface area contributed by atoms with E-state index in [0.29, 0.717) is 12.3 Å². The molecule has 1 rings (SSSR count). The van der Waals surface area contributed by atoms with Crippen LogP contribution in [0, 0.1) is 0 Å². The molecule has 1 aromatic rings. The molecule has 0 aromatic carbocycles. The van der Waals surface area contributed by atoms with Crippen molar-refractivity contribution in [2.24, 2.45) is 0 Å². The lowest BCUT2D eigenvalue weighted by Gasteiger charge is -2.13. The number of halogens is 1. The monoisotopic (exact) mass is 240 g/mol. The Morgan fingerprint density at radius 2 is 2.12 bits per heavy atom. The molecule has 0 saturated carbocycles. The van der Waals surface area contributed by atoms with Crippen molar-refractivity contribution < 1.29 is 4.79 Å². The molecule has 0 spiro atoms. The predicted molar refractivity (Wildman–Crippen MR) is 65.4 cm³/mol. The highest BCUT2D eigenvalue weighted by atomic mass is 35.5. The number of hydrogen-bond donors (Lipinski definition) is 1. The molecule has 0 radical (unpaired) electrons. The van der Waals surface area contributed by atoms with Crippen LogP contribution in [0.1, 0.15) is 37.8 Å². The third-order valence-corrected chi connectivity index (χ3v) is 2.64. The van der Waals surface area contributed by atoms with Crippen LogP contribution >= 0.6 is 11.6 Å². The first-order valence-corrected chi connectivity index (χ1v) is 6.02. The van der Waals surface area contributed by atoms with Crippen molar-refractivity contribution in [3.63, 3.8) is 0 Å². The number of unbranched alkanes of at least 4 members (excludes halogenated alkanes) is 1. The number of alkyl halides is 1. The summed E-state index contributed by atoms with van der Waals surface area (Å²) in [5.41, 5.74) is 1.07. The van der Waals surface area contributed by atoms with Crippen LogP contribution in [0.3, 0.4) is 0 Å².